The normalized spacial score (nSPS) is 15.5. The van der Waals surface area contributed by atoms with Crippen molar-refractivity contribution in [1.82, 2.24) is 14.5 Å². The second-order valence-electron chi connectivity index (χ2n) is 10.6. The third-order valence-corrected chi connectivity index (χ3v) is 7.79. The lowest BCUT2D eigenvalue weighted by Gasteiger charge is -2.36. The lowest BCUT2D eigenvalue weighted by molar-refractivity contribution is -0.137. The summed E-state index contributed by atoms with van der Waals surface area (Å²) < 4.78 is 50.1. The number of carboxylic acid groups (broad SMARTS) is 1. The first-order chi connectivity index (χ1) is 20.7. The molecule has 1 atom stereocenters. The monoisotopic (exact) mass is 582 g/mol. The van der Waals surface area contributed by atoms with E-state index in [4.69, 9.17) is 10.00 Å². The van der Waals surface area contributed by atoms with Gasteiger partial charge < -0.3 is 14.4 Å². The molecule has 0 spiro atoms. The van der Waals surface area contributed by atoms with Gasteiger partial charge in [-0.05, 0) is 48.4 Å². The Labute approximate surface area is 244 Å². The number of fused-ring (bicyclic) bond motifs is 1. The highest BCUT2D eigenvalue weighted by Gasteiger charge is 2.48. The first kappa shape index (κ1) is 28.0. The van der Waals surface area contributed by atoms with Gasteiger partial charge >= 0.3 is 5.97 Å². The van der Waals surface area contributed by atoms with Gasteiger partial charge in [-0.3, -0.25) is 0 Å². The SMILES string of the molecule is N#Cc1ccc(COc2cccc(-c3ccc(Cc4nc5ccc(C(=O)O)cc5n4C[C@@H]4CCC4(F)F)cc3)n2)c(F)c1. The minimum atomic E-state index is -2.75. The fourth-order valence-electron chi connectivity index (χ4n) is 5.17. The molecule has 1 aliphatic rings. The van der Waals surface area contributed by atoms with Gasteiger partial charge in [-0.15, -0.1) is 0 Å². The molecule has 0 saturated heterocycles. The number of carboxylic acids is 1. The van der Waals surface area contributed by atoms with Gasteiger partial charge in [0.2, 0.25) is 5.88 Å². The van der Waals surface area contributed by atoms with Crippen molar-refractivity contribution in [3.63, 3.8) is 0 Å². The van der Waals surface area contributed by atoms with Crippen LogP contribution in [-0.4, -0.2) is 31.5 Å². The number of ether oxygens (including phenoxy) is 1. The summed E-state index contributed by atoms with van der Waals surface area (Å²) in [5.74, 6) is -4.30. The van der Waals surface area contributed by atoms with E-state index >= 15 is 0 Å². The molecule has 2 heterocycles. The number of aromatic carboxylic acids is 1. The van der Waals surface area contributed by atoms with Crippen molar-refractivity contribution >= 4 is 17.0 Å². The van der Waals surface area contributed by atoms with E-state index in [1.165, 1.54) is 24.3 Å². The zero-order chi connectivity index (χ0) is 30.1. The third-order valence-electron chi connectivity index (χ3n) is 7.79. The molecule has 0 bridgehead atoms. The van der Waals surface area contributed by atoms with E-state index in [0.29, 0.717) is 46.8 Å². The van der Waals surface area contributed by atoms with Crippen molar-refractivity contribution < 1.29 is 27.8 Å². The van der Waals surface area contributed by atoms with Gasteiger partial charge in [-0.2, -0.15) is 5.26 Å². The van der Waals surface area contributed by atoms with Crippen molar-refractivity contribution in [1.29, 1.82) is 5.26 Å². The van der Waals surface area contributed by atoms with Crippen LogP contribution in [0.5, 0.6) is 5.88 Å². The quantitative estimate of drug-likeness (QED) is 0.200. The fourth-order valence-corrected chi connectivity index (χ4v) is 5.17. The van der Waals surface area contributed by atoms with Crippen molar-refractivity contribution in [3.8, 4) is 23.2 Å². The minimum absolute atomic E-state index is 0.0469. The van der Waals surface area contributed by atoms with E-state index < -0.39 is 23.6 Å². The molecule has 1 aliphatic carbocycles. The molecule has 0 unspecified atom stereocenters. The number of halogens is 3. The number of hydrogen-bond acceptors (Lipinski definition) is 5. The van der Waals surface area contributed by atoms with Crippen molar-refractivity contribution in [2.24, 2.45) is 5.92 Å². The second-order valence-corrected chi connectivity index (χ2v) is 10.6. The largest absolute Gasteiger partial charge is 0.478 e. The molecule has 1 fully saturated rings. The minimum Gasteiger partial charge on any atom is -0.478 e. The Hall–Kier alpha value is -5.17. The Kier molecular flexibility index (Phi) is 7.32. The van der Waals surface area contributed by atoms with Crippen LogP contribution in [-0.2, 0) is 19.6 Å². The highest BCUT2D eigenvalue weighted by molar-refractivity contribution is 5.92. The second kappa shape index (κ2) is 11.2. The van der Waals surface area contributed by atoms with Gasteiger partial charge in [-0.25, -0.2) is 27.9 Å². The molecular weight excluding hydrogens is 557 g/mol. The topological polar surface area (TPSA) is 101 Å². The number of hydrogen-bond donors (Lipinski definition) is 1. The van der Waals surface area contributed by atoms with Crippen molar-refractivity contribution in [2.75, 3.05) is 0 Å². The summed E-state index contributed by atoms with van der Waals surface area (Å²) in [4.78, 5) is 20.8. The number of carbonyl (C=O) groups is 1. The predicted molar refractivity (Wildman–Crippen MR) is 152 cm³/mol. The first-order valence-corrected chi connectivity index (χ1v) is 13.7. The average Bonchev–Trinajstić information content (AvgIpc) is 3.34. The molecule has 3 aromatic carbocycles. The number of pyridine rings is 1. The lowest BCUT2D eigenvalue weighted by atomic mass is 9.80. The number of aromatic nitrogens is 3. The average molecular weight is 583 g/mol. The Morgan fingerprint density at radius 3 is 2.56 bits per heavy atom. The highest BCUT2D eigenvalue weighted by Crippen LogP contribution is 2.44. The Bertz CT molecular complexity index is 1880. The van der Waals surface area contributed by atoms with Crippen molar-refractivity contribution in [3.05, 3.63) is 113 Å². The number of rotatable bonds is 9. The number of alkyl halides is 2. The van der Waals surface area contributed by atoms with Crippen LogP contribution in [0.2, 0.25) is 0 Å². The van der Waals surface area contributed by atoms with Crippen LogP contribution in [0.4, 0.5) is 13.2 Å². The maximum absolute atomic E-state index is 14.2. The maximum Gasteiger partial charge on any atom is 0.335 e. The molecule has 1 saturated carbocycles. The van der Waals surface area contributed by atoms with E-state index in [1.54, 1.807) is 22.8 Å². The number of nitriles is 1. The van der Waals surface area contributed by atoms with E-state index in [1.807, 2.05) is 36.4 Å². The Balaban J connectivity index is 1.21. The van der Waals surface area contributed by atoms with Gasteiger partial charge in [0.25, 0.3) is 5.92 Å². The summed E-state index contributed by atoms with van der Waals surface area (Å²) in [6.45, 7) is 0.0117. The molecular formula is C33H25F3N4O3. The molecule has 0 aliphatic heterocycles. The van der Waals surface area contributed by atoms with Gasteiger partial charge in [0.05, 0.1) is 33.9 Å². The molecule has 1 N–H and O–H groups in total. The smallest absolute Gasteiger partial charge is 0.335 e. The zero-order valence-corrected chi connectivity index (χ0v) is 22.8. The molecule has 43 heavy (non-hydrogen) atoms. The Morgan fingerprint density at radius 1 is 1.07 bits per heavy atom. The lowest BCUT2D eigenvalue weighted by Crippen LogP contribution is -2.41. The first-order valence-electron chi connectivity index (χ1n) is 13.7. The van der Waals surface area contributed by atoms with E-state index in [0.717, 1.165) is 17.2 Å². The number of nitrogens with zero attached hydrogens (tertiary/aromatic N) is 4. The summed E-state index contributed by atoms with van der Waals surface area (Å²) in [5, 5.41) is 18.4. The van der Waals surface area contributed by atoms with E-state index in [2.05, 4.69) is 9.97 Å². The Morgan fingerprint density at radius 2 is 1.88 bits per heavy atom. The van der Waals surface area contributed by atoms with Crippen LogP contribution in [0.1, 0.15) is 45.7 Å². The van der Waals surface area contributed by atoms with Crippen LogP contribution in [0.25, 0.3) is 22.3 Å². The molecule has 216 valence electrons. The van der Waals surface area contributed by atoms with Crippen LogP contribution in [0.3, 0.4) is 0 Å². The summed E-state index contributed by atoms with van der Waals surface area (Å²) in [5.41, 5.74) is 4.04. The molecule has 7 nitrogen and oxygen atoms in total. The fraction of sp³-hybridized carbons (Fsp3) is 0.212. The summed E-state index contributed by atoms with van der Waals surface area (Å²) in [6.07, 6.45) is 0.619. The highest BCUT2D eigenvalue weighted by atomic mass is 19.3. The molecule has 6 rings (SSSR count). The van der Waals surface area contributed by atoms with Crippen LogP contribution in [0.15, 0.2) is 78.9 Å². The standard InChI is InChI=1S/C33H25F3N4O3/c34-26-14-21(17-37)6-9-24(26)19-43-31-3-1-2-27(39-31)22-7-4-20(5-8-22)15-30-38-28-11-10-23(32(41)42)16-29(28)40(30)18-25-12-13-33(25,35)36/h1-11,14,16,25H,12-13,15,18-19H2,(H,41,42)/t25-/m0/s1. The molecule has 2 aromatic heterocycles. The van der Waals surface area contributed by atoms with E-state index in [-0.39, 0.29) is 30.7 Å². The molecule has 0 radical (unpaired) electrons. The van der Waals surface area contributed by atoms with Gasteiger partial charge in [0.1, 0.15) is 18.2 Å². The van der Waals surface area contributed by atoms with Crippen molar-refractivity contribution in [2.45, 2.75) is 38.3 Å². The summed E-state index contributed by atoms with van der Waals surface area (Å²) in [6, 6.07) is 23.5. The summed E-state index contributed by atoms with van der Waals surface area (Å²) >= 11 is 0. The maximum atomic E-state index is 14.2. The van der Waals surface area contributed by atoms with Crippen LogP contribution < -0.4 is 4.74 Å². The number of imidazole rings is 1. The van der Waals surface area contributed by atoms with Crippen LogP contribution >= 0.6 is 0 Å². The van der Waals surface area contributed by atoms with E-state index in [9.17, 15) is 23.1 Å². The molecule has 5 aromatic rings. The number of benzene rings is 3. The van der Waals surface area contributed by atoms with Crippen LogP contribution in [0, 0.1) is 23.1 Å². The predicted octanol–water partition coefficient (Wildman–Crippen LogP) is 7.02. The third kappa shape index (κ3) is 5.79. The van der Waals surface area contributed by atoms with Gasteiger partial charge in [0, 0.05) is 42.5 Å². The zero-order valence-electron chi connectivity index (χ0n) is 22.8. The van der Waals surface area contributed by atoms with Gasteiger partial charge in [0.15, 0.2) is 0 Å². The van der Waals surface area contributed by atoms with Gasteiger partial charge in [-0.1, -0.05) is 36.4 Å². The molecule has 10 heteroatoms. The summed E-state index contributed by atoms with van der Waals surface area (Å²) in [7, 11) is 0. The molecule has 0 amide bonds.